The van der Waals surface area contributed by atoms with Crippen LogP contribution in [0.3, 0.4) is 0 Å². The lowest BCUT2D eigenvalue weighted by Crippen LogP contribution is -2.49. The molecule has 0 radical (unpaired) electrons. The molecule has 0 aromatic heterocycles. The maximum absolute atomic E-state index is 13.2. The van der Waals surface area contributed by atoms with Gasteiger partial charge in [-0.05, 0) is 68.6 Å². The average molecular weight is 394 g/mol. The van der Waals surface area contributed by atoms with Crippen LogP contribution in [-0.4, -0.2) is 42.0 Å². The van der Waals surface area contributed by atoms with Crippen molar-refractivity contribution in [2.45, 2.75) is 63.1 Å². The van der Waals surface area contributed by atoms with Gasteiger partial charge >= 0.3 is 6.18 Å². The molecule has 1 atom stereocenters. The Morgan fingerprint density at radius 1 is 1.00 bits per heavy atom. The Morgan fingerprint density at radius 2 is 1.57 bits per heavy atom. The number of hydrogen-bond donors (Lipinski definition) is 1. The first-order valence-electron chi connectivity index (χ1n) is 9.93. The summed E-state index contributed by atoms with van der Waals surface area (Å²) in [6.45, 7) is 3.11. The van der Waals surface area contributed by atoms with Gasteiger partial charge in [-0.2, -0.15) is 13.2 Å². The van der Waals surface area contributed by atoms with Gasteiger partial charge in [0.15, 0.2) is 0 Å². The van der Waals surface area contributed by atoms with Crippen LogP contribution in [0.5, 0.6) is 0 Å². The van der Waals surface area contributed by atoms with Crippen molar-refractivity contribution in [1.82, 2.24) is 10.2 Å². The molecule has 2 aliphatic carbocycles. The second-order valence-electron chi connectivity index (χ2n) is 8.68. The first-order chi connectivity index (χ1) is 13.2. The summed E-state index contributed by atoms with van der Waals surface area (Å²) in [4.78, 5) is 26.8. The lowest BCUT2D eigenvalue weighted by Gasteiger charge is -2.33. The average Bonchev–Trinajstić information content (AvgIpc) is 3.57. The van der Waals surface area contributed by atoms with Gasteiger partial charge < -0.3 is 10.2 Å². The Kier molecular flexibility index (Phi) is 4.47. The Morgan fingerprint density at radius 3 is 2.04 bits per heavy atom. The normalized spacial score (nSPS) is 23.2. The van der Waals surface area contributed by atoms with E-state index in [1.807, 2.05) is 0 Å². The van der Waals surface area contributed by atoms with Gasteiger partial charge in [0.05, 0.1) is 5.41 Å². The number of carbonyl (C=O) groups excluding carboxylic acids is 2. The Bertz CT molecular complexity index is 770. The SMILES string of the molecule is CC(NC(=O)c1ccc(C2(C(F)(F)F)CC2)cc1)C(=O)N1CCC2(CC1)CC2. The van der Waals surface area contributed by atoms with Crippen LogP contribution in [0.1, 0.15) is 61.4 Å². The smallest absolute Gasteiger partial charge is 0.341 e. The van der Waals surface area contributed by atoms with Gasteiger partial charge in [-0.15, -0.1) is 0 Å². The molecule has 4 rings (SSSR count). The molecule has 3 aliphatic rings. The van der Waals surface area contributed by atoms with Gasteiger partial charge in [0.1, 0.15) is 6.04 Å². The summed E-state index contributed by atoms with van der Waals surface area (Å²) < 4.78 is 39.6. The van der Waals surface area contributed by atoms with Crippen molar-refractivity contribution >= 4 is 11.8 Å². The number of piperidine rings is 1. The van der Waals surface area contributed by atoms with E-state index >= 15 is 0 Å². The molecule has 1 aromatic carbocycles. The summed E-state index contributed by atoms with van der Waals surface area (Å²) in [5.41, 5.74) is -0.821. The van der Waals surface area contributed by atoms with Crippen molar-refractivity contribution in [2.24, 2.45) is 5.41 Å². The number of hydrogen-bond acceptors (Lipinski definition) is 2. The molecular formula is C21H25F3N2O2. The molecule has 28 heavy (non-hydrogen) atoms. The zero-order valence-electron chi connectivity index (χ0n) is 15.9. The van der Waals surface area contributed by atoms with Crippen molar-refractivity contribution in [3.8, 4) is 0 Å². The standard InChI is InChI=1S/C21H25F3N2O2/c1-14(18(28)26-12-10-19(6-7-19)11-13-26)25-17(27)15-2-4-16(5-3-15)20(8-9-20)21(22,23)24/h2-5,14H,6-13H2,1H3,(H,25,27). The van der Waals surface area contributed by atoms with E-state index in [0.717, 1.165) is 25.9 Å². The molecule has 1 aromatic rings. The first-order valence-corrected chi connectivity index (χ1v) is 9.93. The molecule has 1 N–H and O–H groups in total. The molecule has 3 fully saturated rings. The largest absolute Gasteiger partial charge is 0.398 e. The lowest BCUT2D eigenvalue weighted by molar-refractivity contribution is -0.160. The predicted molar refractivity (Wildman–Crippen MR) is 97.8 cm³/mol. The third-order valence-corrected chi connectivity index (χ3v) is 6.80. The van der Waals surface area contributed by atoms with E-state index in [0.29, 0.717) is 5.41 Å². The fourth-order valence-electron chi connectivity index (χ4n) is 4.30. The number of nitrogens with zero attached hydrogens (tertiary/aromatic N) is 1. The van der Waals surface area contributed by atoms with Crippen LogP contribution in [0, 0.1) is 5.41 Å². The van der Waals surface area contributed by atoms with Crippen molar-refractivity contribution in [3.05, 3.63) is 35.4 Å². The van der Waals surface area contributed by atoms with Crippen LogP contribution < -0.4 is 5.32 Å². The molecular weight excluding hydrogens is 369 g/mol. The van der Waals surface area contributed by atoms with Crippen LogP contribution in [0.4, 0.5) is 13.2 Å². The minimum Gasteiger partial charge on any atom is -0.341 e. The molecule has 2 amide bonds. The van der Waals surface area contributed by atoms with E-state index in [4.69, 9.17) is 0 Å². The number of halogens is 3. The molecule has 1 saturated heterocycles. The number of rotatable bonds is 4. The molecule has 1 unspecified atom stereocenters. The molecule has 7 heteroatoms. The second kappa shape index (κ2) is 6.49. The quantitative estimate of drug-likeness (QED) is 0.845. The van der Waals surface area contributed by atoms with Crippen molar-refractivity contribution in [3.63, 3.8) is 0 Å². The Hall–Kier alpha value is -2.05. The van der Waals surface area contributed by atoms with E-state index < -0.39 is 23.5 Å². The van der Waals surface area contributed by atoms with Crippen LogP contribution in [0.25, 0.3) is 0 Å². The van der Waals surface area contributed by atoms with E-state index in [1.54, 1.807) is 11.8 Å². The number of benzene rings is 1. The van der Waals surface area contributed by atoms with Gasteiger partial charge in [-0.25, -0.2) is 0 Å². The molecule has 1 aliphatic heterocycles. The maximum Gasteiger partial charge on any atom is 0.398 e. The predicted octanol–water partition coefficient (Wildman–Crippen LogP) is 3.80. The molecule has 4 nitrogen and oxygen atoms in total. The minimum absolute atomic E-state index is 0.0880. The molecule has 0 bridgehead atoms. The molecule has 1 spiro atoms. The molecule has 152 valence electrons. The van der Waals surface area contributed by atoms with Crippen molar-refractivity contribution in [1.29, 1.82) is 0 Å². The Balaban J connectivity index is 1.35. The summed E-state index contributed by atoms with van der Waals surface area (Å²) in [6.07, 6.45) is 0.476. The van der Waals surface area contributed by atoms with Crippen LogP contribution in [-0.2, 0) is 10.2 Å². The van der Waals surface area contributed by atoms with Gasteiger partial charge in [0.2, 0.25) is 5.91 Å². The highest BCUT2D eigenvalue weighted by Crippen LogP contribution is 2.58. The zero-order chi connectivity index (χ0) is 20.2. The number of carbonyl (C=O) groups is 2. The highest BCUT2D eigenvalue weighted by atomic mass is 19.4. The maximum atomic E-state index is 13.2. The fourth-order valence-corrected chi connectivity index (χ4v) is 4.30. The molecule has 2 saturated carbocycles. The fraction of sp³-hybridized carbons (Fsp3) is 0.619. The topological polar surface area (TPSA) is 49.4 Å². The van der Waals surface area contributed by atoms with Gasteiger partial charge in [0, 0.05) is 18.7 Å². The first kappa shape index (κ1) is 19.3. The second-order valence-corrected chi connectivity index (χ2v) is 8.68. The summed E-state index contributed by atoms with van der Waals surface area (Å²) in [7, 11) is 0. The van der Waals surface area contributed by atoms with Crippen LogP contribution >= 0.6 is 0 Å². The van der Waals surface area contributed by atoms with E-state index in [-0.39, 0.29) is 29.9 Å². The monoisotopic (exact) mass is 394 g/mol. The van der Waals surface area contributed by atoms with E-state index in [2.05, 4.69) is 5.32 Å². The zero-order valence-corrected chi connectivity index (χ0v) is 15.9. The highest BCUT2D eigenvalue weighted by Gasteiger charge is 2.64. The Labute approximate surface area is 162 Å². The summed E-state index contributed by atoms with van der Waals surface area (Å²) >= 11 is 0. The number of alkyl halides is 3. The van der Waals surface area contributed by atoms with E-state index in [1.165, 1.54) is 37.1 Å². The van der Waals surface area contributed by atoms with Crippen molar-refractivity contribution in [2.75, 3.05) is 13.1 Å². The highest BCUT2D eigenvalue weighted by molar-refractivity contribution is 5.97. The van der Waals surface area contributed by atoms with Crippen LogP contribution in [0.2, 0.25) is 0 Å². The summed E-state index contributed by atoms with van der Waals surface area (Å²) in [6, 6.07) is 4.91. The van der Waals surface area contributed by atoms with Crippen LogP contribution in [0.15, 0.2) is 24.3 Å². The third-order valence-electron chi connectivity index (χ3n) is 6.80. The number of likely N-dealkylation sites (tertiary alicyclic amines) is 1. The van der Waals surface area contributed by atoms with Gasteiger partial charge in [-0.1, -0.05) is 12.1 Å². The van der Waals surface area contributed by atoms with E-state index in [9.17, 15) is 22.8 Å². The van der Waals surface area contributed by atoms with Gasteiger partial charge in [0.25, 0.3) is 5.91 Å². The summed E-state index contributed by atoms with van der Waals surface area (Å²) in [5, 5.41) is 2.68. The number of amides is 2. The number of nitrogens with one attached hydrogen (secondary N) is 1. The van der Waals surface area contributed by atoms with Crippen molar-refractivity contribution < 1.29 is 22.8 Å². The third kappa shape index (κ3) is 3.40. The summed E-state index contributed by atoms with van der Waals surface area (Å²) in [5.74, 6) is -0.547. The minimum atomic E-state index is -4.27. The lowest BCUT2D eigenvalue weighted by atomic mass is 9.93. The van der Waals surface area contributed by atoms with Gasteiger partial charge in [-0.3, -0.25) is 9.59 Å². The molecule has 1 heterocycles.